The molecule has 28 heavy (non-hydrogen) atoms. The number of nitrogens with zero attached hydrogens (tertiary/aromatic N) is 2. The summed E-state index contributed by atoms with van der Waals surface area (Å²) in [6, 6.07) is 6.37. The predicted molar refractivity (Wildman–Crippen MR) is 102 cm³/mol. The van der Waals surface area contributed by atoms with E-state index in [2.05, 4.69) is 4.98 Å². The largest absolute Gasteiger partial charge is 0.465 e. The van der Waals surface area contributed by atoms with Crippen LogP contribution in [-0.4, -0.2) is 26.6 Å². The van der Waals surface area contributed by atoms with Gasteiger partial charge in [0.1, 0.15) is 0 Å². The van der Waals surface area contributed by atoms with Gasteiger partial charge in [0.25, 0.3) is 0 Å². The van der Waals surface area contributed by atoms with Crippen LogP contribution >= 0.6 is 0 Å². The quantitative estimate of drug-likeness (QED) is 0.726. The van der Waals surface area contributed by atoms with E-state index in [1.54, 1.807) is 39.1 Å². The van der Waals surface area contributed by atoms with Crippen LogP contribution in [0.2, 0.25) is 0 Å². The molecule has 1 aliphatic carbocycles. The lowest BCUT2D eigenvalue weighted by Gasteiger charge is -2.43. The van der Waals surface area contributed by atoms with Crippen molar-refractivity contribution in [3.8, 4) is 0 Å². The van der Waals surface area contributed by atoms with Gasteiger partial charge in [0, 0.05) is 23.7 Å². The molecular formula is C21H25F2N3O2. The lowest BCUT2D eigenvalue weighted by Crippen LogP contribution is -2.49. The molecule has 0 saturated heterocycles. The first kappa shape index (κ1) is 20.2. The lowest BCUT2D eigenvalue weighted by atomic mass is 9.82. The van der Waals surface area contributed by atoms with Gasteiger partial charge in [-0.15, -0.1) is 0 Å². The van der Waals surface area contributed by atoms with E-state index in [0.717, 1.165) is 6.07 Å². The fraction of sp³-hybridized carbons (Fsp3) is 0.429. The Morgan fingerprint density at radius 1 is 1.18 bits per heavy atom. The van der Waals surface area contributed by atoms with Crippen molar-refractivity contribution in [2.45, 2.75) is 57.2 Å². The number of benzene rings is 1. The highest BCUT2D eigenvalue weighted by Crippen LogP contribution is 2.47. The maximum absolute atomic E-state index is 14.7. The van der Waals surface area contributed by atoms with Crippen molar-refractivity contribution in [1.29, 1.82) is 0 Å². The molecule has 1 aliphatic rings. The second-order valence-electron chi connectivity index (χ2n) is 8.18. The van der Waals surface area contributed by atoms with E-state index in [0.29, 0.717) is 24.1 Å². The van der Waals surface area contributed by atoms with Crippen LogP contribution in [0.1, 0.15) is 68.4 Å². The van der Waals surface area contributed by atoms with Crippen LogP contribution in [0.15, 0.2) is 36.5 Å². The first-order valence-corrected chi connectivity index (χ1v) is 9.29. The SMILES string of the molecule is CC(C)(C)N(C(=O)O)[C@@H]1c2cccnc2[C@H](N)CC[C@@H]1c1cccc(F)c1F. The Kier molecular flexibility index (Phi) is 5.39. The fourth-order valence-corrected chi connectivity index (χ4v) is 4.13. The van der Waals surface area contributed by atoms with E-state index in [1.165, 1.54) is 17.0 Å². The van der Waals surface area contributed by atoms with Crippen LogP contribution in [0.5, 0.6) is 0 Å². The predicted octanol–water partition coefficient (Wildman–Crippen LogP) is 4.76. The summed E-state index contributed by atoms with van der Waals surface area (Å²) >= 11 is 0. The Hall–Kier alpha value is -2.54. The van der Waals surface area contributed by atoms with E-state index in [9.17, 15) is 18.7 Å². The third-order valence-corrected chi connectivity index (χ3v) is 5.30. The number of hydrogen-bond acceptors (Lipinski definition) is 3. The van der Waals surface area contributed by atoms with Crippen LogP contribution in [0, 0.1) is 11.6 Å². The minimum atomic E-state index is -1.13. The normalized spacial score (nSPS) is 22.3. The molecule has 3 rings (SSSR count). The van der Waals surface area contributed by atoms with Gasteiger partial charge in [-0.2, -0.15) is 0 Å². The number of pyridine rings is 1. The first-order chi connectivity index (χ1) is 13.1. The molecule has 3 N–H and O–H groups in total. The summed E-state index contributed by atoms with van der Waals surface area (Å²) < 4.78 is 28.7. The number of carbonyl (C=O) groups is 1. The molecular weight excluding hydrogens is 364 g/mol. The summed E-state index contributed by atoms with van der Waals surface area (Å²) in [5.74, 6) is -2.49. The number of halogens is 2. The molecule has 0 bridgehead atoms. The number of aromatic nitrogens is 1. The van der Waals surface area contributed by atoms with Crippen molar-refractivity contribution in [3.05, 3.63) is 65.0 Å². The molecule has 1 heterocycles. The van der Waals surface area contributed by atoms with Crippen molar-refractivity contribution in [3.63, 3.8) is 0 Å². The summed E-state index contributed by atoms with van der Waals surface area (Å²) in [6.45, 7) is 5.34. The van der Waals surface area contributed by atoms with Gasteiger partial charge in [-0.25, -0.2) is 13.6 Å². The van der Waals surface area contributed by atoms with Gasteiger partial charge in [0.15, 0.2) is 11.6 Å². The van der Waals surface area contributed by atoms with Crippen molar-refractivity contribution < 1.29 is 18.7 Å². The van der Waals surface area contributed by atoms with Gasteiger partial charge in [0.05, 0.1) is 11.7 Å². The Bertz CT molecular complexity index is 882. The maximum Gasteiger partial charge on any atom is 0.408 e. The summed E-state index contributed by atoms with van der Waals surface area (Å²) in [5.41, 5.74) is 6.92. The number of carboxylic acid groups (broad SMARTS) is 1. The molecule has 0 radical (unpaired) electrons. The summed E-state index contributed by atoms with van der Waals surface area (Å²) in [5, 5.41) is 10.0. The number of nitrogens with two attached hydrogens (primary N) is 1. The number of rotatable bonds is 2. The standard InChI is InChI=1S/C21H25F2N3O2/c1-21(2,3)26(20(27)28)19-13(12-6-4-8-15(22)17(12)23)9-10-16(24)18-14(19)7-5-11-25-18/h4-8,11,13,16,19H,9-10,24H2,1-3H3,(H,27,28)/t13-,16-,19+/m1/s1. The zero-order chi connectivity index (χ0) is 20.6. The molecule has 1 amide bonds. The molecule has 3 atom stereocenters. The van der Waals surface area contributed by atoms with Crippen molar-refractivity contribution in [2.75, 3.05) is 0 Å². The van der Waals surface area contributed by atoms with E-state index < -0.39 is 41.3 Å². The molecule has 0 unspecified atom stereocenters. The second kappa shape index (κ2) is 7.47. The number of hydrogen-bond donors (Lipinski definition) is 2. The van der Waals surface area contributed by atoms with Gasteiger partial charge in [-0.05, 0) is 56.9 Å². The van der Waals surface area contributed by atoms with E-state index in [1.807, 2.05) is 0 Å². The molecule has 0 fully saturated rings. The summed E-state index contributed by atoms with van der Waals surface area (Å²) in [6.07, 6.45) is 1.37. The van der Waals surface area contributed by atoms with Crippen LogP contribution in [0.3, 0.4) is 0 Å². The molecule has 150 valence electrons. The lowest BCUT2D eigenvalue weighted by molar-refractivity contribution is 0.0585. The Labute approximate surface area is 163 Å². The smallest absolute Gasteiger partial charge is 0.408 e. The Balaban J connectivity index is 2.28. The average Bonchev–Trinajstić information content (AvgIpc) is 2.75. The molecule has 0 spiro atoms. The summed E-state index contributed by atoms with van der Waals surface area (Å²) in [4.78, 5) is 18.0. The second-order valence-corrected chi connectivity index (χ2v) is 8.18. The fourth-order valence-electron chi connectivity index (χ4n) is 4.13. The van der Waals surface area contributed by atoms with Crippen molar-refractivity contribution >= 4 is 6.09 Å². The zero-order valence-electron chi connectivity index (χ0n) is 16.2. The molecule has 1 aromatic heterocycles. The van der Waals surface area contributed by atoms with Gasteiger partial charge >= 0.3 is 6.09 Å². The third-order valence-electron chi connectivity index (χ3n) is 5.30. The number of fused-ring (bicyclic) bond motifs is 1. The van der Waals surface area contributed by atoms with Gasteiger partial charge < -0.3 is 10.8 Å². The average molecular weight is 389 g/mol. The van der Waals surface area contributed by atoms with E-state index in [-0.39, 0.29) is 5.56 Å². The Morgan fingerprint density at radius 3 is 2.50 bits per heavy atom. The maximum atomic E-state index is 14.7. The summed E-state index contributed by atoms with van der Waals surface area (Å²) in [7, 11) is 0. The molecule has 0 saturated carbocycles. The Morgan fingerprint density at radius 2 is 1.86 bits per heavy atom. The van der Waals surface area contributed by atoms with Gasteiger partial charge in [-0.1, -0.05) is 18.2 Å². The molecule has 5 nitrogen and oxygen atoms in total. The monoisotopic (exact) mass is 389 g/mol. The van der Waals surface area contributed by atoms with Crippen LogP contribution in [0.4, 0.5) is 13.6 Å². The highest BCUT2D eigenvalue weighted by molar-refractivity contribution is 5.67. The van der Waals surface area contributed by atoms with Crippen LogP contribution in [0.25, 0.3) is 0 Å². The third kappa shape index (κ3) is 3.58. The highest BCUT2D eigenvalue weighted by atomic mass is 19.2. The minimum absolute atomic E-state index is 0.157. The van der Waals surface area contributed by atoms with E-state index >= 15 is 0 Å². The highest BCUT2D eigenvalue weighted by Gasteiger charge is 2.43. The van der Waals surface area contributed by atoms with Gasteiger partial charge in [0.2, 0.25) is 0 Å². The molecule has 2 aromatic rings. The van der Waals surface area contributed by atoms with Crippen molar-refractivity contribution in [2.24, 2.45) is 5.73 Å². The van der Waals surface area contributed by atoms with E-state index in [4.69, 9.17) is 5.73 Å². The zero-order valence-corrected chi connectivity index (χ0v) is 16.2. The van der Waals surface area contributed by atoms with Crippen LogP contribution in [-0.2, 0) is 0 Å². The van der Waals surface area contributed by atoms with Crippen LogP contribution < -0.4 is 5.73 Å². The topological polar surface area (TPSA) is 79.5 Å². The molecule has 7 heteroatoms. The molecule has 0 aliphatic heterocycles. The molecule has 1 aromatic carbocycles. The van der Waals surface area contributed by atoms with Crippen molar-refractivity contribution in [1.82, 2.24) is 9.88 Å². The number of amides is 1. The van der Waals surface area contributed by atoms with Gasteiger partial charge in [-0.3, -0.25) is 9.88 Å². The first-order valence-electron chi connectivity index (χ1n) is 9.29. The minimum Gasteiger partial charge on any atom is -0.465 e.